The molecule has 1 amide bonds. The lowest BCUT2D eigenvalue weighted by Crippen LogP contribution is -2.20. The fraction of sp³-hybridized carbons (Fsp3) is 0.200. The van der Waals surface area contributed by atoms with Crippen LogP contribution in [0, 0.1) is 0 Å². The molecule has 0 aliphatic rings. The molecule has 0 saturated carbocycles. The number of carbonyl (C=O) groups is 1. The molecule has 5 nitrogen and oxygen atoms in total. The first-order chi connectivity index (χ1) is 7.26. The van der Waals surface area contributed by atoms with Gasteiger partial charge in [0.2, 0.25) is 0 Å². The summed E-state index contributed by atoms with van der Waals surface area (Å²) in [6.45, 7) is -0.574. The predicted octanol–water partition coefficient (Wildman–Crippen LogP) is 0.138. The van der Waals surface area contributed by atoms with Gasteiger partial charge in [0.25, 0.3) is 5.91 Å². The molecular weight excluding hydrogens is 196 g/mol. The molecule has 0 fully saturated rings. The van der Waals surface area contributed by atoms with Crippen molar-refractivity contribution in [3.63, 3.8) is 0 Å². The van der Waals surface area contributed by atoms with Crippen LogP contribution in [0.2, 0.25) is 0 Å². The van der Waals surface area contributed by atoms with E-state index < -0.39 is 12.5 Å². The minimum absolute atomic E-state index is 0.547. The lowest BCUT2D eigenvalue weighted by atomic mass is 10.2. The summed E-state index contributed by atoms with van der Waals surface area (Å²) in [6.07, 6.45) is 1.47. The maximum absolute atomic E-state index is 10.6. The van der Waals surface area contributed by atoms with E-state index in [-0.39, 0.29) is 0 Å². The summed E-state index contributed by atoms with van der Waals surface area (Å²) < 4.78 is 5.01. The highest BCUT2D eigenvalue weighted by molar-refractivity contribution is 5.83. The molecule has 1 rings (SSSR count). The zero-order valence-electron chi connectivity index (χ0n) is 8.30. The molecule has 80 valence electrons. The van der Waals surface area contributed by atoms with E-state index in [4.69, 9.17) is 9.84 Å². The van der Waals surface area contributed by atoms with E-state index in [1.54, 1.807) is 13.2 Å². The number of rotatable bonds is 4. The van der Waals surface area contributed by atoms with Crippen molar-refractivity contribution in [1.29, 1.82) is 0 Å². The Morgan fingerprint density at radius 3 is 3.13 bits per heavy atom. The molecule has 0 radical (unpaired) electrons. The first-order valence-electron chi connectivity index (χ1n) is 4.33. The maximum atomic E-state index is 10.6. The highest BCUT2D eigenvalue weighted by Gasteiger charge is 1.94. The number of aliphatic hydroxyl groups is 1. The summed E-state index contributed by atoms with van der Waals surface area (Å²) in [5.41, 5.74) is 2.96. The lowest BCUT2D eigenvalue weighted by Gasteiger charge is -1.99. The molecule has 0 unspecified atom stereocenters. The third-order valence-corrected chi connectivity index (χ3v) is 1.64. The molecule has 0 aliphatic heterocycles. The number of nitrogens with one attached hydrogen (secondary N) is 1. The second-order valence-electron chi connectivity index (χ2n) is 2.73. The molecule has 15 heavy (non-hydrogen) atoms. The molecular formula is C10H12N2O3. The largest absolute Gasteiger partial charge is 0.497 e. The van der Waals surface area contributed by atoms with Crippen molar-refractivity contribution < 1.29 is 14.6 Å². The number of hydrogen-bond donors (Lipinski definition) is 2. The van der Waals surface area contributed by atoms with E-state index in [1.165, 1.54) is 6.21 Å². The fourth-order valence-corrected chi connectivity index (χ4v) is 0.936. The van der Waals surface area contributed by atoms with Crippen molar-refractivity contribution in [3.8, 4) is 5.75 Å². The Kier molecular flexibility index (Phi) is 4.30. The molecule has 2 N–H and O–H groups in total. The first kappa shape index (κ1) is 11.2. The molecule has 1 aromatic carbocycles. The normalized spacial score (nSPS) is 10.3. The molecule has 0 aliphatic carbocycles. The van der Waals surface area contributed by atoms with Gasteiger partial charge in [0, 0.05) is 0 Å². The third-order valence-electron chi connectivity index (χ3n) is 1.64. The smallest absolute Gasteiger partial charge is 0.265 e. The van der Waals surface area contributed by atoms with Gasteiger partial charge in [-0.1, -0.05) is 12.1 Å². The Hall–Kier alpha value is -1.88. The SMILES string of the molecule is COc1cccc(/C=N\NC(=O)CO)c1. The molecule has 0 saturated heterocycles. The average molecular weight is 208 g/mol. The van der Waals surface area contributed by atoms with Crippen LogP contribution < -0.4 is 10.2 Å². The summed E-state index contributed by atoms with van der Waals surface area (Å²) in [6, 6.07) is 7.21. The van der Waals surface area contributed by atoms with Crippen molar-refractivity contribution in [2.75, 3.05) is 13.7 Å². The number of ether oxygens (including phenoxy) is 1. The summed E-state index contributed by atoms with van der Waals surface area (Å²) in [5.74, 6) is 0.168. The van der Waals surface area contributed by atoms with Crippen molar-refractivity contribution in [1.82, 2.24) is 5.43 Å². The van der Waals surface area contributed by atoms with Crippen molar-refractivity contribution in [2.45, 2.75) is 0 Å². The van der Waals surface area contributed by atoms with Gasteiger partial charge in [-0.3, -0.25) is 4.79 Å². The summed E-state index contributed by atoms with van der Waals surface area (Å²) in [5, 5.41) is 12.1. The van der Waals surface area contributed by atoms with Crippen LogP contribution >= 0.6 is 0 Å². The van der Waals surface area contributed by atoms with Crippen LogP contribution in [0.15, 0.2) is 29.4 Å². The number of methoxy groups -OCH3 is 1. The van der Waals surface area contributed by atoms with E-state index in [2.05, 4.69) is 10.5 Å². The predicted molar refractivity (Wildman–Crippen MR) is 55.8 cm³/mol. The van der Waals surface area contributed by atoms with E-state index in [0.717, 1.165) is 5.56 Å². The minimum Gasteiger partial charge on any atom is -0.497 e. The fourth-order valence-electron chi connectivity index (χ4n) is 0.936. The number of amides is 1. The Morgan fingerprint density at radius 2 is 2.47 bits per heavy atom. The van der Waals surface area contributed by atoms with Gasteiger partial charge in [-0.25, -0.2) is 5.43 Å². The molecule has 1 aromatic rings. The second kappa shape index (κ2) is 5.77. The van der Waals surface area contributed by atoms with Gasteiger partial charge in [-0.2, -0.15) is 5.10 Å². The Labute approximate surface area is 87.4 Å². The second-order valence-corrected chi connectivity index (χ2v) is 2.73. The van der Waals surface area contributed by atoms with Gasteiger partial charge in [0.05, 0.1) is 13.3 Å². The maximum Gasteiger partial charge on any atom is 0.265 e. The topological polar surface area (TPSA) is 70.9 Å². The molecule has 0 heterocycles. The number of benzene rings is 1. The van der Waals surface area contributed by atoms with Crippen LogP contribution in [0.5, 0.6) is 5.75 Å². The van der Waals surface area contributed by atoms with Gasteiger partial charge in [0.15, 0.2) is 0 Å². The van der Waals surface area contributed by atoms with Crippen LogP contribution in [-0.4, -0.2) is 30.9 Å². The van der Waals surface area contributed by atoms with E-state index in [9.17, 15) is 4.79 Å². The Morgan fingerprint density at radius 1 is 1.67 bits per heavy atom. The molecule has 5 heteroatoms. The number of hydrazone groups is 1. The minimum atomic E-state index is -0.574. The molecule has 0 atom stereocenters. The summed E-state index contributed by atoms with van der Waals surface area (Å²) in [7, 11) is 1.57. The van der Waals surface area contributed by atoms with Crippen LogP contribution in [0.1, 0.15) is 5.56 Å². The van der Waals surface area contributed by atoms with Crippen LogP contribution in [0.4, 0.5) is 0 Å². The first-order valence-corrected chi connectivity index (χ1v) is 4.33. The lowest BCUT2D eigenvalue weighted by molar-refractivity contribution is -0.123. The standard InChI is InChI=1S/C10H12N2O3/c1-15-9-4-2-3-8(5-9)6-11-12-10(14)7-13/h2-6,13H,7H2,1H3,(H,12,14)/b11-6-. The molecule has 0 spiro atoms. The number of aliphatic hydroxyl groups excluding tert-OH is 1. The van der Waals surface area contributed by atoms with E-state index in [1.807, 2.05) is 18.2 Å². The monoisotopic (exact) mass is 208 g/mol. The summed E-state index contributed by atoms with van der Waals surface area (Å²) in [4.78, 5) is 10.6. The van der Waals surface area contributed by atoms with E-state index >= 15 is 0 Å². The van der Waals surface area contributed by atoms with Crippen molar-refractivity contribution in [3.05, 3.63) is 29.8 Å². The number of carbonyl (C=O) groups excluding carboxylic acids is 1. The van der Waals surface area contributed by atoms with Crippen molar-refractivity contribution in [2.24, 2.45) is 5.10 Å². The van der Waals surface area contributed by atoms with Crippen LogP contribution in [0.3, 0.4) is 0 Å². The van der Waals surface area contributed by atoms with Gasteiger partial charge in [-0.15, -0.1) is 0 Å². The van der Waals surface area contributed by atoms with Crippen LogP contribution in [0.25, 0.3) is 0 Å². The Bertz CT molecular complexity index is 363. The quantitative estimate of drug-likeness (QED) is 0.546. The van der Waals surface area contributed by atoms with Gasteiger partial charge in [-0.05, 0) is 17.7 Å². The highest BCUT2D eigenvalue weighted by Crippen LogP contribution is 2.10. The Balaban J connectivity index is 2.59. The zero-order valence-corrected chi connectivity index (χ0v) is 8.30. The highest BCUT2D eigenvalue weighted by atomic mass is 16.5. The zero-order chi connectivity index (χ0) is 11.1. The number of hydrogen-bond acceptors (Lipinski definition) is 4. The van der Waals surface area contributed by atoms with Crippen LogP contribution in [-0.2, 0) is 4.79 Å². The summed E-state index contributed by atoms with van der Waals surface area (Å²) >= 11 is 0. The number of nitrogens with zero attached hydrogens (tertiary/aromatic N) is 1. The van der Waals surface area contributed by atoms with Gasteiger partial charge in [0.1, 0.15) is 12.4 Å². The van der Waals surface area contributed by atoms with Crippen molar-refractivity contribution >= 4 is 12.1 Å². The molecule has 0 aromatic heterocycles. The van der Waals surface area contributed by atoms with E-state index in [0.29, 0.717) is 5.75 Å². The average Bonchev–Trinajstić information content (AvgIpc) is 2.29. The molecule has 0 bridgehead atoms. The van der Waals surface area contributed by atoms with Gasteiger partial charge >= 0.3 is 0 Å². The third kappa shape index (κ3) is 3.78. The van der Waals surface area contributed by atoms with Gasteiger partial charge < -0.3 is 9.84 Å².